The standard InChI is InChI=1S/C17H16N4O3S/c1-24-17-15(21-25(22,23)14-5-3-2-4-6-14)9-13(11-20-17)12-7-8-16(18)19-10-12/h2-11,21H,1H3,(H2,18,19). The van der Waals surface area contributed by atoms with Crippen molar-refractivity contribution in [3.63, 3.8) is 0 Å². The molecule has 0 aliphatic carbocycles. The summed E-state index contributed by atoms with van der Waals surface area (Å²) in [5.74, 6) is 0.571. The lowest BCUT2D eigenvalue weighted by atomic mass is 10.1. The molecule has 0 atom stereocenters. The maximum absolute atomic E-state index is 12.5. The average Bonchev–Trinajstić information content (AvgIpc) is 2.63. The summed E-state index contributed by atoms with van der Waals surface area (Å²) in [5, 5.41) is 0. The number of benzene rings is 1. The van der Waals surface area contributed by atoms with Gasteiger partial charge in [0.05, 0.1) is 12.0 Å². The van der Waals surface area contributed by atoms with Gasteiger partial charge in [0.15, 0.2) is 0 Å². The molecule has 8 heteroatoms. The minimum atomic E-state index is -3.76. The zero-order chi connectivity index (χ0) is 17.9. The molecule has 0 unspecified atom stereocenters. The fraction of sp³-hybridized carbons (Fsp3) is 0.0588. The molecule has 3 aromatic rings. The molecule has 2 aromatic heterocycles. The van der Waals surface area contributed by atoms with Crippen molar-refractivity contribution in [2.75, 3.05) is 17.6 Å². The number of anilines is 2. The van der Waals surface area contributed by atoms with Gasteiger partial charge in [-0.3, -0.25) is 4.72 Å². The Kier molecular flexibility index (Phi) is 4.53. The number of nitrogens with two attached hydrogens (primary N) is 1. The fourth-order valence-electron chi connectivity index (χ4n) is 2.23. The number of nitrogens with one attached hydrogen (secondary N) is 1. The van der Waals surface area contributed by atoms with E-state index in [0.29, 0.717) is 11.4 Å². The van der Waals surface area contributed by atoms with Gasteiger partial charge in [-0.25, -0.2) is 18.4 Å². The highest BCUT2D eigenvalue weighted by Gasteiger charge is 2.17. The van der Waals surface area contributed by atoms with Crippen molar-refractivity contribution >= 4 is 21.5 Å². The molecule has 3 N–H and O–H groups in total. The van der Waals surface area contributed by atoms with Crippen LogP contribution in [-0.4, -0.2) is 25.5 Å². The number of ether oxygens (including phenoxy) is 1. The molecule has 0 aliphatic rings. The Balaban J connectivity index is 2.00. The van der Waals surface area contributed by atoms with E-state index >= 15 is 0 Å². The third-order valence-corrected chi connectivity index (χ3v) is 4.84. The maximum Gasteiger partial charge on any atom is 0.262 e. The van der Waals surface area contributed by atoms with Crippen LogP contribution in [0.25, 0.3) is 11.1 Å². The van der Waals surface area contributed by atoms with Gasteiger partial charge in [-0.05, 0) is 30.3 Å². The molecule has 25 heavy (non-hydrogen) atoms. The van der Waals surface area contributed by atoms with E-state index in [9.17, 15) is 8.42 Å². The first-order chi connectivity index (χ1) is 12.0. The van der Waals surface area contributed by atoms with Crippen molar-refractivity contribution in [2.45, 2.75) is 4.90 Å². The van der Waals surface area contributed by atoms with Crippen LogP contribution in [0.2, 0.25) is 0 Å². The summed E-state index contributed by atoms with van der Waals surface area (Å²) >= 11 is 0. The Hall–Kier alpha value is -3.13. The molecule has 0 bridgehead atoms. The summed E-state index contributed by atoms with van der Waals surface area (Å²) < 4.78 is 32.8. The van der Waals surface area contributed by atoms with Gasteiger partial charge in [-0.15, -0.1) is 0 Å². The molecular formula is C17H16N4O3S. The van der Waals surface area contributed by atoms with E-state index in [2.05, 4.69) is 14.7 Å². The first kappa shape index (κ1) is 16.7. The van der Waals surface area contributed by atoms with Crippen LogP contribution in [0.3, 0.4) is 0 Å². The Morgan fingerprint density at radius 3 is 2.36 bits per heavy atom. The van der Waals surface area contributed by atoms with E-state index in [0.717, 1.165) is 5.56 Å². The van der Waals surface area contributed by atoms with Gasteiger partial charge in [0.1, 0.15) is 11.5 Å². The molecule has 0 radical (unpaired) electrons. The number of sulfonamides is 1. The second-order valence-electron chi connectivity index (χ2n) is 5.17. The second-order valence-corrected chi connectivity index (χ2v) is 6.85. The van der Waals surface area contributed by atoms with Gasteiger partial charge in [0, 0.05) is 23.5 Å². The van der Waals surface area contributed by atoms with Crippen molar-refractivity contribution in [1.29, 1.82) is 0 Å². The number of hydrogen-bond acceptors (Lipinski definition) is 6. The second kappa shape index (κ2) is 6.78. The number of nitrogen functional groups attached to an aromatic ring is 1. The Bertz CT molecular complexity index is 975. The monoisotopic (exact) mass is 356 g/mol. The van der Waals surface area contributed by atoms with Crippen molar-refractivity contribution in [2.24, 2.45) is 0 Å². The number of pyridine rings is 2. The van der Waals surface area contributed by atoms with E-state index in [1.807, 2.05) is 0 Å². The van der Waals surface area contributed by atoms with Gasteiger partial charge in [-0.1, -0.05) is 18.2 Å². The van der Waals surface area contributed by atoms with Crippen molar-refractivity contribution in [1.82, 2.24) is 9.97 Å². The van der Waals surface area contributed by atoms with Crippen LogP contribution in [0.1, 0.15) is 0 Å². The van der Waals surface area contributed by atoms with Gasteiger partial charge >= 0.3 is 0 Å². The molecule has 0 spiro atoms. The third-order valence-electron chi connectivity index (χ3n) is 3.46. The number of aromatic nitrogens is 2. The van der Waals surface area contributed by atoms with Crippen LogP contribution < -0.4 is 15.2 Å². The summed E-state index contributed by atoms with van der Waals surface area (Å²) in [7, 11) is -2.33. The summed E-state index contributed by atoms with van der Waals surface area (Å²) in [5.41, 5.74) is 7.26. The predicted octanol–water partition coefficient (Wildman–Crippen LogP) is 2.54. The third kappa shape index (κ3) is 3.69. The van der Waals surface area contributed by atoms with Crippen LogP contribution in [0.4, 0.5) is 11.5 Å². The lowest BCUT2D eigenvalue weighted by molar-refractivity contribution is 0.400. The lowest BCUT2D eigenvalue weighted by Gasteiger charge is -2.12. The molecule has 0 saturated carbocycles. The van der Waals surface area contributed by atoms with Gasteiger partial charge in [0.2, 0.25) is 5.88 Å². The molecular weight excluding hydrogens is 340 g/mol. The molecule has 0 fully saturated rings. The number of methoxy groups -OCH3 is 1. The van der Waals surface area contributed by atoms with Crippen LogP contribution in [0.15, 0.2) is 65.8 Å². The molecule has 0 saturated heterocycles. The quantitative estimate of drug-likeness (QED) is 0.727. The lowest BCUT2D eigenvalue weighted by Crippen LogP contribution is -2.14. The van der Waals surface area contributed by atoms with E-state index in [1.165, 1.54) is 19.2 Å². The molecule has 0 amide bonds. The van der Waals surface area contributed by atoms with Gasteiger partial charge in [-0.2, -0.15) is 0 Å². The SMILES string of the molecule is COc1ncc(-c2ccc(N)nc2)cc1NS(=O)(=O)c1ccccc1. The topological polar surface area (TPSA) is 107 Å². The molecule has 7 nitrogen and oxygen atoms in total. The first-order valence-electron chi connectivity index (χ1n) is 7.33. The molecule has 3 rings (SSSR count). The summed E-state index contributed by atoms with van der Waals surface area (Å²) in [4.78, 5) is 8.35. The Morgan fingerprint density at radius 1 is 1.00 bits per heavy atom. The largest absolute Gasteiger partial charge is 0.480 e. The number of hydrogen-bond donors (Lipinski definition) is 2. The number of rotatable bonds is 5. The summed E-state index contributed by atoms with van der Waals surface area (Å²) in [6, 6.07) is 13.1. The van der Waals surface area contributed by atoms with Gasteiger partial charge in [0.25, 0.3) is 10.0 Å². The van der Waals surface area contributed by atoms with Crippen molar-refractivity contribution in [3.05, 3.63) is 60.9 Å². The summed E-state index contributed by atoms with van der Waals surface area (Å²) in [6.45, 7) is 0. The van der Waals surface area contributed by atoms with Crippen LogP contribution >= 0.6 is 0 Å². The Labute approximate surface area is 145 Å². The summed E-state index contributed by atoms with van der Waals surface area (Å²) in [6.07, 6.45) is 3.17. The average molecular weight is 356 g/mol. The van der Waals surface area contributed by atoms with Crippen LogP contribution in [0.5, 0.6) is 5.88 Å². The van der Waals surface area contributed by atoms with Gasteiger partial charge < -0.3 is 10.5 Å². The molecule has 1 aromatic carbocycles. The highest BCUT2D eigenvalue weighted by Crippen LogP contribution is 2.29. The molecule has 0 aliphatic heterocycles. The maximum atomic E-state index is 12.5. The van der Waals surface area contributed by atoms with Crippen LogP contribution in [-0.2, 0) is 10.0 Å². The number of nitrogens with zero attached hydrogens (tertiary/aromatic N) is 2. The first-order valence-corrected chi connectivity index (χ1v) is 8.82. The smallest absolute Gasteiger partial charge is 0.262 e. The van der Waals surface area contributed by atoms with Crippen molar-refractivity contribution in [3.8, 4) is 17.0 Å². The Morgan fingerprint density at radius 2 is 1.72 bits per heavy atom. The molecule has 128 valence electrons. The predicted molar refractivity (Wildman–Crippen MR) is 95.7 cm³/mol. The van der Waals surface area contributed by atoms with E-state index in [1.54, 1.807) is 48.8 Å². The van der Waals surface area contributed by atoms with E-state index < -0.39 is 10.0 Å². The normalized spacial score (nSPS) is 11.1. The van der Waals surface area contributed by atoms with E-state index in [4.69, 9.17) is 10.5 Å². The molecule has 2 heterocycles. The minimum Gasteiger partial charge on any atom is -0.480 e. The fourth-order valence-corrected chi connectivity index (χ4v) is 3.29. The van der Waals surface area contributed by atoms with Crippen molar-refractivity contribution < 1.29 is 13.2 Å². The highest BCUT2D eigenvalue weighted by atomic mass is 32.2. The highest BCUT2D eigenvalue weighted by molar-refractivity contribution is 7.92. The zero-order valence-corrected chi connectivity index (χ0v) is 14.2. The van der Waals surface area contributed by atoms with Crippen LogP contribution in [0, 0.1) is 0 Å². The zero-order valence-electron chi connectivity index (χ0n) is 13.4. The van der Waals surface area contributed by atoms with E-state index in [-0.39, 0.29) is 16.5 Å². The minimum absolute atomic E-state index is 0.150.